The van der Waals surface area contributed by atoms with E-state index in [1.165, 1.54) is 7.11 Å². The summed E-state index contributed by atoms with van der Waals surface area (Å²) in [5.74, 6) is -1.28. The Labute approximate surface area is 175 Å². The maximum atomic E-state index is 13.0. The van der Waals surface area contributed by atoms with E-state index in [-0.39, 0.29) is 29.6 Å². The SMILES string of the molecule is COC1=CC(OS(=O)(=O)C(F)(F)F)=C(C(=O)O[C@@H]2C[C@H](C)CC[C@H]2C(C)C)[C@@H](C)C1. The van der Waals surface area contributed by atoms with Gasteiger partial charge in [0.25, 0.3) is 0 Å². The fourth-order valence-electron chi connectivity index (χ4n) is 4.06. The maximum absolute atomic E-state index is 13.0. The molecule has 0 aromatic carbocycles. The molecule has 0 aromatic rings. The normalized spacial score (nSPS) is 28.2. The van der Waals surface area contributed by atoms with Crippen LogP contribution < -0.4 is 0 Å². The van der Waals surface area contributed by atoms with Crippen molar-refractivity contribution in [2.24, 2.45) is 23.7 Å². The van der Waals surface area contributed by atoms with Crippen molar-refractivity contribution < 1.29 is 40.0 Å². The number of carbonyl (C=O) groups is 1. The number of esters is 1. The minimum Gasteiger partial charge on any atom is -0.501 e. The van der Waals surface area contributed by atoms with Gasteiger partial charge in [-0.2, -0.15) is 21.6 Å². The van der Waals surface area contributed by atoms with Gasteiger partial charge in [-0.3, -0.25) is 0 Å². The monoisotopic (exact) mass is 454 g/mol. The van der Waals surface area contributed by atoms with Crippen LogP contribution in [0.3, 0.4) is 0 Å². The first-order valence-electron chi connectivity index (χ1n) is 9.97. The number of hydrogen-bond acceptors (Lipinski definition) is 6. The summed E-state index contributed by atoms with van der Waals surface area (Å²) in [7, 11) is -4.65. The van der Waals surface area contributed by atoms with Gasteiger partial charge in [-0.05, 0) is 36.5 Å². The molecule has 0 unspecified atom stereocenters. The highest BCUT2D eigenvalue weighted by molar-refractivity contribution is 7.87. The van der Waals surface area contributed by atoms with Crippen molar-refractivity contribution in [2.45, 2.75) is 65.0 Å². The molecule has 172 valence electrons. The molecule has 1 fully saturated rings. The van der Waals surface area contributed by atoms with Gasteiger partial charge in [0.15, 0.2) is 5.76 Å². The lowest BCUT2D eigenvalue weighted by Gasteiger charge is -2.37. The van der Waals surface area contributed by atoms with Crippen LogP contribution in [0.2, 0.25) is 0 Å². The van der Waals surface area contributed by atoms with E-state index in [0.29, 0.717) is 12.3 Å². The van der Waals surface area contributed by atoms with Crippen molar-refractivity contribution in [2.75, 3.05) is 7.11 Å². The topological polar surface area (TPSA) is 78.9 Å². The fourth-order valence-corrected chi connectivity index (χ4v) is 4.53. The molecule has 6 nitrogen and oxygen atoms in total. The van der Waals surface area contributed by atoms with Crippen LogP contribution in [0.4, 0.5) is 13.2 Å². The largest absolute Gasteiger partial charge is 0.534 e. The molecule has 2 aliphatic carbocycles. The third kappa shape index (κ3) is 5.50. The quantitative estimate of drug-likeness (QED) is 0.329. The molecular formula is C20H29F3O6S. The average molecular weight is 455 g/mol. The summed E-state index contributed by atoms with van der Waals surface area (Å²) in [4.78, 5) is 13.0. The molecule has 0 bridgehead atoms. The van der Waals surface area contributed by atoms with E-state index >= 15 is 0 Å². The Balaban J connectivity index is 2.40. The van der Waals surface area contributed by atoms with E-state index < -0.39 is 39.4 Å². The molecule has 0 spiro atoms. The molecular weight excluding hydrogens is 425 g/mol. The predicted molar refractivity (Wildman–Crippen MR) is 103 cm³/mol. The number of methoxy groups -OCH3 is 1. The zero-order valence-electron chi connectivity index (χ0n) is 17.8. The number of rotatable bonds is 6. The number of hydrogen-bond donors (Lipinski definition) is 0. The molecule has 1 saturated carbocycles. The smallest absolute Gasteiger partial charge is 0.501 e. The number of halogens is 3. The lowest BCUT2D eigenvalue weighted by Crippen LogP contribution is -2.37. The summed E-state index contributed by atoms with van der Waals surface area (Å²) in [6.45, 7) is 7.69. The molecule has 0 radical (unpaired) electrons. The first-order chi connectivity index (χ1) is 13.8. The summed E-state index contributed by atoms with van der Waals surface area (Å²) < 4.78 is 76.8. The fraction of sp³-hybridized carbons (Fsp3) is 0.750. The van der Waals surface area contributed by atoms with Crippen LogP contribution in [-0.4, -0.2) is 33.1 Å². The number of allylic oxidation sites excluding steroid dienone is 2. The molecule has 2 rings (SSSR count). The third-order valence-corrected chi connectivity index (χ3v) is 6.71. The number of ether oxygens (including phenoxy) is 2. The molecule has 4 atom stereocenters. The van der Waals surface area contributed by atoms with Crippen molar-refractivity contribution in [3.63, 3.8) is 0 Å². The lowest BCUT2D eigenvalue weighted by atomic mass is 9.75. The minimum absolute atomic E-state index is 0.123. The molecule has 0 N–H and O–H groups in total. The Bertz CT molecular complexity index is 813. The third-order valence-electron chi connectivity index (χ3n) is 5.74. The van der Waals surface area contributed by atoms with Crippen molar-refractivity contribution >= 4 is 16.1 Å². The van der Waals surface area contributed by atoms with Crippen LogP contribution in [0.1, 0.15) is 53.4 Å². The van der Waals surface area contributed by atoms with Crippen molar-refractivity contribution in [3.8, 4) is 0 Å². The Morgan fingerprint density at radius 2 is 1.83 bits per heavy atom. The molecule has 0 aromatic heterocycles. The van der Waals surface area contributed by atoms with E-state index in [1.54, 1.807) is 6.92 Å². The Kier molecular flexibility index (Phi) is 7.53. The second-order valence-corrected chi connectivity index (χ2v) is 9.99. The molecule has 0 saturated heterocycles. The summed E-state index contributed by atoms with van der Waals surface area (Å²) in [6, 6.07) is 0. The summed E-state index contributed by atoms with van der Waals surface area (Å²) in [5.41, 5.74) is -5.86. The zero-order chi connectivity index (χ0) is 22.9. The van der Waals surface area contributed by atoms with E-state index in [2.05, 4.69) is 11.1 Å². The summed E-state index contributed by atoms with van der Waals surface area (Å²) >= 11 is 0. The Morgan fingerprint density at radius 1 is 1.20 bits per heavy atom. The minimum atomic E-state index is -5.95. The van der Waals surface area contributed by atoms with Crippen LogP contribution in [0.25, 0.3) is 0 Å². The highest BCUT2D eigenvalue weighted by Crippen LogP contribution is 2.38. The molecule has 0 aliphatic heterocycles. The lowest BCUT2D eigenvalue weighted by molar-refractivity contribution is -0.152. The van der Waals surface area contributed by atoms with Crippen molar-refractivity contribution in [1.29, 1.82) is 0 Å². The van der Waals surface area contributed by atoms with Crippen LogP contribution in [0.15, 0.2) is 23.2 Å². The van der Waals surface area contributed by atoms with Crippen LogP contribution in [0.5, 0.6) is 0 Å². The van der Waals surface area contributed by atoms with Gasteiger partial charge in [-0.1, -0.05) is 34.1 Å². The summed E-state index contributed by atoms with van der Waals surface area (Å²) in [5, 5.41) is 0. The first kappa shape index (κ1) is 24.6. The van der Waals surface area contributed by atoms with Gasteiger partial charge in [0, 0.05) is 12.5 Å². The van der Waals surface area contributed by atoms with Gasteiger partial charge in [0.05, 0.1) is 18.4 Å². The molecule has 10 heteroatoms. The van der Waals surface area contributed by atoms with Crippen molar-refractivity contribution in [1.82, 2.24) is 0 Å². The molecule has 30 heavy (non-hydrogen) atoms. The maximum Gasteiger partial charge on any atom is 0.534 e. The first-order valence-corrected chi connectivity index (χ1v) is 11.4. The second-order valence-electron chi connectivity index (χ2n) is 8.45. The molecule has 0 heterocycles. The van der Waals surface area contributed by atoms with Gasteiger partial charge in [0.2, 0.25) is 0 Å². The van der Waals surface area contributed by atoms with Crippen LogP contribution in [-0.2, 0) is 28.6 Å². The standard InChI is InChI=1S/C20H29F3O6S/c1-11(2)15-7-6-12(3)8-16(15)28-19(24)18-13(4)9-14(27-5)10-17(18)29-30(25,26)20(21,22)23/h10-13,15-16H,6-9H2,1-5H3/t12-,13+,15+,16-/m1/s1. The van der Waals surface area contributed by atoms with E-state index in [0.717, 1.165) is 18.9 Å². The van der Waals surface area contributed by atoms with Crippen LogP contribution in [0, 0.1) is 23.7 Å². The van der Waals surface area contributed by atoms with E-state index in [4.69, 9.17) is 9.47 Å². The average Bonchev–Trinajstić information content (AvgIpc) is 2.59. The number of alkyl halides is 3. The Hall–Kier alpha value is -1.71. The predicted octanol–water partition coefficient (Wildman–Crippen LogP) is 4.68. The van der Waals surface area contributed by atoms with Gasteiger partial charge < -0.3 is 13.7 Å². The van der Waals surface area contributed by atoms with Gasteiger partial charge in [-0.25, -0.2) is 4.79 Å². The van der Waals surface area contributed by atoms with E-state index in [9.17, 15) is 26.4 Å². The highest BCUT2D eigenvalue weighted by atomic mass is 32.2. The second kappa shape index (κ2) is 9.20. The van der Waals surface area contributed by atoms with Crippen molar-refractivity contribution in [3.05, 3.63) is 23.2 Å². The highest BCUT2D eigenvalue weighted by Gasteiger charge is 2.50. The molecule has 2 aliphatic rings. The molecule has 0 amide bonds. The van der Waals surface area contributed by atoms with E-state index in [1.807, 2.05) is 13.8 Å². The van der Waals surface area contributed by atoms with Gasteiger partial charge >= 0.3 is 21.6 Å². The Morgan fingerprint density at radius 3 is 2.37 bits per heavy atom. The summed E-state index contributed by atoms with van der Waals surface area (Å²) in [6.07, 6.45) is 3.35. The number of carbonyl (C=O) groups excluding carboxylic acids is 1. The van der Waals surface area contributed by atoms with Crippen LogP contribution >= 0.6 is 0 Å². The van der Waals surface area contributed by atoms with Gasteiger partial charge in [0.1, 0.15) is 6.10 Å². The van der Waals surface area contributed by atoms with Gasteiger partial charge in [-0.15, -0.1) is 0 Å². The zero-order valence-corrected chi connectivity index (χ0v) is 18.6.